The first-order chi connectivity index (χ1) is 13.9. The molecule has 8 nitrogen and oxygen atoms in total. The lowest BCUT2D eigenvalue weighted by atomic mass is 10.2. The molecule has 2 aromatic rings. The van der Waals surface area contributed by atoms with Crippen LogP contribution in [0.15, 0.2) is 42.5 Å². The maximum absolute atomic E-state index is 12.1. The quantitative estimate of drug-likeness (QED) is 0.597. The third-order valence-electron chi connectivity index (χ3n) is 3.91. The second-order valence-corrected chi connectivity index (χ2v) is 6.17. The Hall–Kier alpha value is -3.55. The Balaban J connectivity index is 1.77. The zero-order valence-electron chi connectivity index (χ0n) is 16.7. The van der Waals surface area contributed by atoms with Crippen LogP contribution in [-0.2, 0) is 9.59 Å². The SMILES string of the molecule is CCOc1ccc(C(=O)NCC(=O)NCC(=O)Nc2cc(C)ccc2OC)cc1. The maximum Gasteiger partial charge on any atom is 0.251 e. The van der Waals surface area contributed by atoms with Crippen molar-refractivity contribution < 1.29 is 23.9 Å². The molecule has 0 fully saturated rings. The van der Waals surface area contributed by atoms with Crippen LogP contribution in [0, 0.1) is 6.92 Å². The van der Waals surface area contributed by atoms with Crippen LogP contribution < -0.4 is 25.4 Å². The molecular weight excluding hydrogens is 374 g/mol. The molecule has 3 N–H and O–H groups in total. The Kier molecular flexibility index (Phi) is 8.02. The third kappa shape index (κ3) is 6.84. The van der Waals surface area contributed by atoms with Crippen molar-refractivity contribution in [2.24, 2.45) is 0 Å². The second-order valence-electron chi connectivity index (χ2n) is 6.17. The van der Waals surface area contributed by atoms with E-state index in [1.165, 1.54) is 7.11 Å². The summed E-state index contributed by atoms with van der Waals surface area (Å²) >= 11 is 0. The lowest BCUT2D eigenvalue weighted by Crippen LogP contribution is -2.40. The standard InChI is InChI=1S/C21H25N3O5/c1-4-29-16-8-6-15(7-9-16)21(27)23-12-19(25)22-13-20(26)24-17-11-14(2)5-10-18(17)28-3/h5-11H,4,12-13H2,1-3H3,(H,22,25)(H,23,27)(H,24,26). The number of benzene rings is 2. The molecule has 0 radical (unpaired) electrons. The topological polar surface area (TPSA) is 106 Å². The normalized spacial score (nSPS) is 10.0. The van der Waals surface area contributed by atoms with Crippen molar-refractivity contribution in [1.29, 1.82) is 0 Å². The minimum Gasteiger partial charge on any atom is -0.495 e. The van der Waals surface area contributed by atoms with Crippen LogP contribution >= 0.6 is 0 Å². The van der Waals surface area contributed by atoms with Gasteiger partial charge in [-0.25, -0.2) is 0 Å². The number of carbonyl (C=O) groups excluding carboxylic acids is 3. The van der Waals surface area contributed by atoms with Gasteiger partial charge in [-0.3, -0.25) is 14.4 Å². The Morgan fingerprint density at radius 3 is 2.28 bits per heavy atom. The third-order valence-corrected chi connectivity index (χ3v) is 3.91. The summed E-state index contributed by atoms with van der Waals surface area (Å²) in [7, 11) is 1.51. The second kappa shape index (κ2) is 10.7. The Morgan fingerprint density at radius 1 is 0.931 bits per heavy atom. The summed E-state index contributed by atoms with van der Waals surface area (Å²) in [6.07, 6.45) is 0. The van der Waals surface area contributed by atoms with Crippen LogP contribution in [0.3, 0.4) is 0 Å². The Labute approximate surface area is 169 Å². The van der Waals surface area contributed by atoms with Crippen molar-refractivity contribution in [3.05, 3.63) is 53.6 Å². The zero-order chi connectivity index (χ0) is 21.2. The van der Waals surface area contributed by atoms with E-state index in [-0.39, 0.29) is 13.1 Å². The van der Waals surface area contributed by atoms with Gasteiger partial charge in [-0.1, -0.05) is 6.07 Å². The highest BCUT2D eigenvalue weighted by atomic mass is 16.5. The number of nitrogens with one attached hydrogen (secondary N) is 3. The molecule has 0 atom stereocenters. The van der Waals surface area contributed by atoms with Crippen molar-refractivity contribution in [1.82, 2.24) is 10.6 Å². The average molecular weight is 399 g/mol. The van der Waals surface area contributed by atoms with Crippen molar-refractivity contribution in [3.63, 3.8) is 0 Å². The molecule has 29 heavy (non-hydrogen) atoms. The number of aryl methyl sites for hydroxylation is 1. The summed E-state index contributed by atoms with van der Waals surface area (Å²) in [5.41, 5.74) is 1.89. The predicted molar refractivity (Wildman–Crippen MR) is 109 cm³/mol. The highest BCUT2D eigenvalue weighted by molar-refractivity contribution is 5.98. The number of carbonyl (C=O) groups is 3. The van der Waals surface area contributed by atoms with Gasteiger partial charge in [0.2, 0.25) is 11.8 Å². The van der Waals surface area contributed by atoms with Crippen LogP contribution in [0.5, 0.6) is 11.5 Å². The Bertz CT molecular complexity index is 865. The van der Waals surface area contributed by atoms with Crippen LogP contribution in [0.1, 0.15) is 22.8 Å². The van der Waals surface area contributed by atoms with Gasteiger partial charge in [0.05, 0.1) is 32.5 Å². The van der Waals surface area contributed by atoms with Crippen molar-refractivity contribution >= 4 is 23.4 Å². The fourth-order valence-corrected chi connectivity index (χ4v) is 2.49. The molecule has 154 valence electrons. The minimum absolute atomic E-state index is 0.227. The number of ether oxygens (including phenoxy) is 2. The summed E-state index contributed by atoms with van der Waals surface area (Å²) in [5.74, 6) is -0.0798. The van der Waals surface area contributed by atoms with Crippen LogP contribution in [0.4, 0.5) is 5.69 Å². The molecule has 0 heterocycles. The number of rotatable bonds is 9. The zero-order valence-corrected chi connectivity index (χ0v) is 16.7. The van der Waals surface area contributed by atoms with E-state index in [9.17, 15) is 14.4 Å². The molecule has 8 heteroatoms. The molecule has 2 rings (SSSR count). The van der Waals surface area contributed by atoms with Gasteiger partial charge < -0.3 is 25.4 Å². The lowest BCUT2D eigenvalue weighted by Gasteiger charge is -2.12. The van der Waals surface area contributed by atoms with E-state index >= 15 is 0 Å². The molecular formula is C21H25N3O5. The van der Waals surface area contributed by atoms with Gasteiger partial charge in [0.15, 0.2) is 0 Å². The highest BCUT2D eigenvalue weighted by Crippen LogP contribution is 2.24. The molecule has 0 aromatic heterocycles. The molecule has 3 amide bonds. The fraction of sp³-hybridized carbons (Fsp3) is 0.286. The predicted octanol–water partition coefficient (Wildman–Crippen LogP) is 1.89. The highest BCUT2D eigenvalue weighted by Gasteiger charge is 2.11. The van der Waals surface area contributed by atoms with Gasteiger partial charge in [0.25, 0.3) is 5.91 Å². The van der Waals surface area contributed by atoms with Gasteiger partial charge >= 0.3 is 0 Å². The smallest absolute Gasteiger partial charge is 0.251 e. The molecule has 0 aliphatic heterocycles. The van der Waals surface area contributed by atoms with Crippen molar-refractivity contribution in [3.8, 4) is 11.5 Å². The largest absolute Gasteiger partial charge is 0.495 e. The van der Waals surface area contributed by atoms with Gasteiger partial charge in [-0.2, -0.15) is 0 Å². The number of anilines is 1. The van der Waals surface area contributed by atoms with Crippen molar-refractivity contribution in [2.75, 3.05) is 32.1 Å². The summed E-state index contributed by atoms with van der Waals surface area (Å²) in [6.45, 7) is 3.83. The summed E-state index contributed by atoms with van der Waals surface area (Å²) in [4.78, 5) is 36.0. The molecule has 0 aliphatic carbocycles. The van der Waals surface area contributed by atoms with E-state index in [0.717, 1.165) is 5.56 Å². The van der Waals surface area contributed by atoms with Crippen molar-refractivity contribution in [2.45, 2.75) is 13.8 Å². The van der Waals surface area contributed by atoms with E-state index in [4.69, 9.17) is 9.47 Å². The molecule has 0 bridgehead atoms. The lowest BCUT2D eigenvalue weighted by molar-refractivity contribution is -0.123. The summed E-state index contributed by atoms with van der Waals surface area (Å²) < 4.78 is 10.5. The molecule has 0 aliphatic rings. The average Bonchev–Trinajstić information content (AvgIpc) is 2.71. The van der Waals surface area contributed by atoms with E-state index in [1.54, 1.807) is 36.4 Å². The van der Waals surface area contributed by atoms with E-state index in [1.807, 2.05) is 19.9 Å². The number of hydrogen-bond acceptors (Lipinski definition) is 5. The first-order valence-electron chi connectivity index (χ1n) is 9.15. The molecule has 0 spiro atoms. The van der Waals surface area contributed by atoms with Gasteiger partial charge in [-0.05, 0) is 55.8 Å². The van der Waals surface area contributed by atoms with Crippen LogP contribution in [0.25, 0.3) is 0 Å². The first-order valence-corrected chi connectivity index (χ1v) is 9.15. The van der Waals surface area contributed by atoms with E-state index in [0.29, 0.717) is 29.4 Å². The summed E-state index contributed by atoms with van der Waals surface area (Å²) in [5, 5.41) is 7.65. The molecule has 2 aromatic carbocycles. The van der Waals surface area contributed by atoms with Gasteiger partial charge in [-0.15, -0.1) is 0 Å². The minimum atomic E-state index is -0.476. The van der Waals surface area contributed by atoms with E-state index < -0.39 is 17.7 Å². The van der Waals surface area contributed by atoms with Gasteiger partial charge in [0, 0.05) is 5.56 Å². The molecule has 0 saturated carbocycles. The summed E-state index contributed by atoms with van der Waals surface area (Å²) in [6, 6.07) is 12.0. The number of hydrogen-bond donors (Lipinski definition) is 3. The Morgan fingerprint density at radius 2 is 1.62 bits per heavy atom. The number of methoxy groups -OCH3 is 1. The fourth-order valence-electron chi connectivity index (χ4n) is 2.49. The molecule has 0 saturated heterocycles. The van der Waals surface area contributed by atoms with Gasteiger partial charge in [0.1, 0.15) is 11.5 Å². The van der Waals surface area contributed by atoms with E-state index in [2.05, 4.69) is 16.0 Å². The number of amides is 3. The van der Waals surface area contributed by atoms with Crippen LogP contribution in [0.2, 0.25) is 0 Å². The first kappa shape index (κ1) is 21.7. The molecule has 0 unspecified atom stereocenters. The van der Waals surface area contributed by atoms with Crippen LogP contribution in [-0.4, -0.2) is 44.5 Å². The monoisotopic (exact) mass is 399 g/mol. The maximum atomic E-state index is 12.1.